The molecule has 2 amide bonds. The van der Waals surface area contributed by atoms with Crippen molar-refractivity contribution >= 4 is 23.5 Å². The molecule has 0 spiro atoms. The van der Waals surface area contributed by atoms with Gasteiger partial charge in [-0.15, -0.1) is 0 Å². The van der Waals surface area contributed by atoms with Crippen molar-refractivity contribution in [3.63, 3.8) is 0 Å². The van der Waals surface area contributed by atoms with Gasteiger partial charge in [0.05, 0.1) is 19.4 Å². The van der Waals surface area contributed by atoms with Gasteiger partial charge >= 0.3 is 5.97 Å². The smallest absolute Gasteiger partial charge is 0.307 e. The minimum atomic E-state index is -0.432. The van der Waals surface area contributed by atoms with E-state index in [0.29, 0.717) is 13.1 Å². The van der Waals surface area contributed by atoms with Crippen LogP contribution in [0.3, 0.4) is 0 Å². The van der Waals surface area contributed by atoms with Crippen molar-refractivity contribution in [2.24, 2.45) is 5.92 Å². The monoisotopic (exact) mass is 408 g/mol. The first-order valence-corrected chi connectivity index (χ1v) is 10.2. The Labute approximate surface area is 177 Å². The molecule has 158 valence electrons. The number of methoxy groups -OCH3 is 1. The van der Waals surface area contributed by atoms with Gasteiger partial charge in [-0.1, -0.05) is 42.5 Å². The summed E-state index contributed by atoms with van der Waals surface area (Å²) in [5.74, 6) is -0.947. The standard InChI is InChI=1S/C24H28N2O4/c1-17-8-7-11-21(18(17)2)26-16-20(14-22(26)27)24(29)25(13-12-23(28)30-3)15-19-9-5-4-6-10-19/h4-11,20H,12-16H2,1-3H3. The largest absolute Gasteiger partial charge is 0.469 e. The first kappa shape index (κ1) is 21.6. The minimum absolute atomic E-state index is 0.0466. The van der Waals surface area contributed by atoms with E-state index < -0.39 is 5.92 Å². The summed E-state index contributed by atoms with van der Waals surface area (Å²) < 4.78 is 4.73. The highest BCUT2D eigenvalue weighted by atomic mass is 16.5. The van der Waals surface area contributed by atoms with Crippen LogP contribution in [-0.2, 0) is 25.7 Å². The fraction of sp³-hybridized carbons (Fsp3) is 0.375. The van der Waals surface area contributed by atoms with Crippen LogP contribution in [0.1, 0.15) is 29.5 Å². The molecule has 1 unspecified atom stereocenters. The van der Waals surface area contributed by atoms with Crippen LogP contribution in [0.2, 0.25) is 0 Å². The van der Waals surface area contributed by atoms with Crippen molar-refractivity contribution in [3.05, 3.63) is 65.2 Å². The normalized spacial score (nSPS) is 15.9. The first-order chi connectivity index (χ1) is 14.4. The molecule has 1 aliphatic heterocycles. The maximum atomic E-state index is 13.3. The third-order valence-corrected chi connectivity index (χ3v) is 5.68. The van der Waals surface area contributed by atoms with E-state index in [1.165, 1.54) is 7.11 Å². The second-order valence-corrected chi connectivity index (χ2v) is 7.70. The van der Waals surface area contributed by atoms with Gasteiger partial charge in [0.15, 0.2) is 0 Å². The van der Waals surface area contributed by atoms with Crippen LogP contribution in [0, 0.1) is 19.8 Å². The maximum absolute atomic E-state index is 13.3. The van der Waals surface area contributed by atoms with E-state index in [0.717, 1.165) is 22.4 Å². The Hall–Kier alpha value is -3.15. The van der Waals surface area contributed by atoms with Crippen molar-refractivity contribution in [1.82, 2.24) is 4.90 Å². The van der Waals surface area contributed by atoms with E-state index in [-0.39, 0.29) is 37.2 Å². The van der Waals surface area contributed by atoms with Crippen molar-refractivity contribution in [3.8, 4) is 0 Å². The number of amides is 2. The van der Waals surface area contributed by atoms with Crippen molar-refractivity contribution < 1.29 is 19.1 Å². The highest BCUT2D eigenvalue weighted by molar-refractivity contribution is 6.01. The van der Waals surface area contributed by atoms with Crippen LogP contribution >= 0.6 is 0 Å². The van der Waals surface area contributed by atoms with Gasteiger partial charge in [0.1, 0.15) is 0 Å². The number of carbonyl (C=O) groups is 3. The van der Waals surface area contributed by atoms with Gasteiger partial charge < -0.3 is 14.5 Å². The fourth-order valence-electron chi connectivity index (χ4n) is 3.79. The number of aryl methyl sites for hydroxylation is 1. The Morgan fingerprint density at radius 1 is 1.10 bits per heavy atom. The molecule has 1 saturated heterocycles. The van der Waals surface area contributed by atoms with Gasteiger partial charge in [-0.25, -0.2) is 0 Å². The molecular formula is C24H28N2O4. The van der Waals surface area contributed by atoms with Gasteiger partial charge in [0, 0.05) is 31.7 Å². The molecule has 0 saturated carbocycles. The predicted molar refractivity (Wildman–Crippen MR) is 115 cm³/mol. The Balaban J connectivity index is 1.77. The topological polar surface area (TPSA) is 66.9 Å². The lowest BCUT2D eigenvalue weighted by Crippen LogP contribution is -2.38. The molecule has 0 radical (unpaired) electrons. The molecule has 6 heteroatoms. The number of rotatable bonds is 7. The van der Waals surface area contributed by atoms with Gasteiger partial charge in [-0.3, -0.25) is 14.4 Å². The highest BCUT2D eigenvalue weighted by Gasteiger charge is 2.37. The van der Waals surface area contributed by atoms with Gasteiger partial charge in [0.2, 0.25) is 11.8 Å². The quantitative estimate of drug-likeness (QED) is 0.660. The van der Waals surface area contributed by atoms with E-state index in [1.807, 2.05) is 62.4 Å². The molecule has 1 heterocycles. The third-order valence-electron chi connectivity index (χ3n) is 5.68. The van der Waals surface area contributed by atoms with Gasteiger partial charge in [-0.05, 0) is 36.6 Å². The molecule has 1 atom stereocenters. The molecule has 0 bridgehead atoms. The van der Waals surface area contributed by atoms with Crippen LogP contribution in [-0.4, -0.2) is 42.9 Å². The summed E-state index contributed by atoms with van der Waals surface area (Å²) in [6.45, 7) is 5.01. The molecule has 30 heavy (non-hydrogen) atoms. The zero-order chi connectivity index (χ0) is 21.7. The molecule has 0 N–H and O–H groups in total. The zero-order valence-electron chi connectivity index (χ0n) is 17.8. The number of esters is 1. The second kappa shape index (κ2) is 9.57. The summed E-state index contributed by atoms with van der Waals surface area (Å²) in [7, 11) is 1.34. The lowest BCUT2D eigenvalue weighted by molar-refractivity contribution is -0.142. The van der Waals surface area contributed by atoms with Crippen LogP contribution in [0.4, 0.5) is 5.69 Å². The number of anilines is 1. The van der Waals surface area contributed by atoms with Crippen molar-refractivity contribution in [1.29, 1.82) is 0 Å². The SMILES string of the molecule is COC(=O)CCN(Cc1ccccc1)C(=O)C1CC(=O)N(c2cccc(C)c2C)C1. The van der Waals surface area contributed by atoms with Crippen LogP contribution in [0.15, 0.2) is 48.5 Å². The van der Waals surface area contributed by atoms with Gasteiger partial charge in [0.25, 0.3) is 0 Å². The summed E-state index contributed by atoms with van der Waals surface area (Å²) in [5.41, 5.74) is 4.00. The molecule has 2 aromatic carbocycles. The molecule has 3 rings (SSSR count). The first-order valence-electron chi connectivity index (χ1n) is 10.2. The molecular weight excluding hydrogens is 380 g/mol. The number of hydrogen-bond donors (Lipinski definition) is 0. The zero-order valence-corrected chi connectivity index (χ0v) is 17.8. The van der Waals surface area contributed by atoms with E-state index >= 15 is 0 Å². The highest BCUT2D eigenvalue weighted by Crippen LogP contribution is 2.30. The summed E-state index contributed by atoms with van der Waals surface area (Å²) in [4.78, 5) is 41.1. The summed E-state index contributed by atoms with van der Waals surface area (Å²) in [6.07, 6.45) is 0.298. The average Bonchev–Trinajstić information content (AvgIpc) is 3.14. The van der Waals surface area contributed by atoms with Crippen LogP contribution in [0.25, 0.3) is 0 Å². The molecule has 2 aromatic rings. The number of carbonyl (C=O) groups excluding carboxylic acids is 3. The Morgan fingerprint density at radius 2 is 1.83 bits per heavy atom. The maximum Gasteiger partial charge on any atom is 0.307 e. The Kier molecular flexibility index (Phi) is 6.87. The summed E-state index contributed by atoms with van der Waals surface area (Å²) >= 11 is 0. The molecule has 1 aliphatic rings. The van der Waals surface area contributed by atoms with E-state index in [1.54, 1.807) is 9.80 Å². The predicted octanol–water partition coefficient (Wildman–Crippen LogP) is 3.25. The van der Waals surface area contributed by atoms with E-state index in [2.05, 4.69) is 0 Å². The Morgan fingerprint density at radius 3 is 2.53 bits per heavy atom. The number of ether oxygens (including phenoxy) is 1. The molecule has 6 nitrogen and oxygen atoms in total. The van der Waals surface area contributed by atoms with Gasteiger partial charge in [-0.2, -0.15) is 0 Å². The van der Waals surface area contributed by atoms with Crippen molar-refractivity contribution in [2.45, 2.75) is 33.2 Å². The summed E-state index contributed by atoms with van der Waals surface area (Å²) in [6, 6.07) is 15.5. The fourth-order valence-corrected chi connectivity index (χ4v) is 3.79. The lowest BCUT2D eigenvalue weighted by atomic mass is 10.1. The average molecular weight is 408 g/mol. The molecule has 1 fully saturated rings. The molecule has 0 aromatic heterocycles. The molecule has 0 aliphatic carbocycles. The summed E-state index contributed by atoms with van der Waals surface area (Å²) in [5, 5.41) is 0. The minimum Gasteiger partial charge on any atom is -0.469 e. The second-order valence-electron chi connectivity index (χ2n) is 7.70. The number of benzene rings is 2. The van der Waals surface area contributed by atoms with E-state index in [9.17, 15) is 14.4 Å². The number of hydrogen-bond acceptors (Lipinski definition) is 4. The Bertz CT molecular complexity index is 926. The van der Waals surface area contributed by atoms with Crippen molar-refractivity contribution in [2.75, 3.05) is 25.1 Å². The van der Waals surface area contributed by atoms with E-state index in [4.69, 9.17) is 4.74 Å². The third kappa shape index (κ3) is 4.87. The van der Waals surface area contributed by atoms with Crippen LogP contribution < -0.4 is 4.90 Å². The van der Waals surface area contributed by atoms with Crippen LogP contribution in [0.5, 0.6) is 0 Å². The number of nitrogens with zero attached hydrogens (tertiary/aromatic N) is 2. The lowest BCUT2D eigenvalue weighted by Gasteiger charge is -2.26.